The molecule has 152 valence electrons. The van der Waals surface area contributed by atoms with Crippen molar-refractivity contribution < 1.29 is 4.79 Å². The number of aryl methyl sites for hydroxylation is 2. The van der Waals surface area contributed by atoms with Crippen molar-refractivity contribution in [3.8, 4) is 5.69 Å². The molecule has 0 saturated heterocycles. The first kappa shape index (κ1) is 20.0. The third-order valence-corrected chi connectivity index (χ3v) is 5.79. The molecule has 6 nitrogen and oxygen atoms in total. The van der Waals surface area contributed by atoms with E-state index in [2.05, 4.69) is 26.1 Å². The van der Waals surface area contributed by atoms with Crippen LogP contribution < -0.4 is 5.32 Å². The summed E-state index contributed by atoms with van der Waals surface area (Å²) in [7, 11) is 2.02. The standard InChI is InChI=1S/C23H23N5OS/c1-17-9-6-7-13-20(17)24-22(29)16-30-23-26-25-21(15-19-12-8-14-27(19)2)28(23)18-10-4-3-5-11-18/h3-14H,15-16H2,1-2H3,(H,24,29). The zero-order valence-electron chi connectivity index (χ0n) is 16.9. The minimum absolute atomic E-state index is 0.0686. The van der Waals surface area contributed by atoms with Gasteiger partial charge in [-0.25, -0.2) is 0 Å². The normalized spacial score (nSPS) is 10.9. The summed E-state index contributed by atoms with van der Waals surface area (Å²) in [5.74, 6) is 1.02. The summed E-state index contributed by atoms with van der Waals surface area (Å²) < 4.78 is 4.10. The van der Waals surface area contributed by atoms with E-state index in [1.54, 1.807) is 0 Å². The molecule has 30 heavy (non-hydrogen) atoms. The Hall–Kier alpha value is -3.32. The van der Waals surface area contributed by atoms with Crippen LogP contribution >= 0.6 is 11.8 Å². The van der Waals surface area contributed by atoms with E-state index < -0.39 is 0 Å². The fraction of sp³-hybridized carbons (Fsp3) is 0.174. The van der Waals surface area contributed by atoms with Crippen LogP contribution in [0.5, 0.6) is 0 Å². The number of hydrogen-bond acceptors (Lipinski definition) is 4. The summed E-state index contributed by atoms with van der Waals surface area (Å²) in [6.45, 7) is 1.98. The summed E-state index contributed by atoms with van der Waals surface area (Å²) in [5, 5.41) is 12.5. The Morgan fingerprint density at radius 2 is 1.77 bits per heavy atom. The van der Waals surface area contributed by atoms with Crippen molar-refractivity contribution in [1.82, 2.24) is 19.3 Å². The van der Waals surface area contributed by atoms with Crippen molar-refractivity contribution >= 4 is 23.4 Å². The molecule has 2 heterocycles. The SMILES string of the molecule is Cc1ccccc1NC(=O)CSc1nnc(Cc2cccn2C)n1-c1ccccc1. The second kappa shape index (κ2) is 9.00. The number of hydrogen-bond donors (Lipinski definition) is 1. The van der Waals surface area contributed by atoms with E-state index in [1.807, 2.05) is 85.4 Å². The zero-order chi connectivity index (χ0) is 20.9. The first-order valence-corrected chi connectivity index (χ1v) is 10.7. The Bertz CT molecular complexity index is 1150. The van der Waals surface area contributed by atoms with Crippen LogP contribution in [0.3, 0.4) is 0 Å². The van der Waals surface area contributed by atoms with Gasteiger partial charge >= 0.3 is 0 Å². The van der Waals surface area contributed by atoms with E-state index in [0.717, 1.165) is 28.5 Å². The second-order valence-electron chi connectivity index (χ2n) is 7.01. The number of carbonyl (C=O) groups excluding carboxylic acids is 1. The number of carbonyl (C=O) groups is 1. The number of aromatic nitrogens is 4. The van der Waals surface area contributed by atoms with Gasteiger partial charge in [0, 0.05) is 36.7 Å². The van der Waals surface area contributed by atoms with Crippen LogP contribution in [0.2, 0.25) is 0 Å². The number of nitrogens with one attached hydrogen (secondary N) is 1. The molecule has 1 N–H and O–H groups in total. The molecule has 4 aromatic rings. The van der Waals surface area contributed by atoms with Gasteiger partial charge in [-0.3, -0.25) is 9.36 Å². The Kier molecular flexibility index (Phi) is 5.99. The highest BCUT2D eigenvalue weighted by atomic mass is 32.2. The molecule has 0 atom stereocenters. The third-order valence-electron chi connectivity index (χ3n) is 4.86. The molecule has 0 aliphatic rings. The number of anilines is 1. The van der Waals surface area contributed by atoms with Crippen LogP contribution in [-0.4, -0.2) is 31.0 Å². The van der Waals surface area contributed by atoms with E-state index in [9.17, 15) is 4.79 Å². The Balaban J connectivity index is 1.55. The highest BCUT2D eigenvalue weighted by Crippen LogP contribution is 2.24. The maximum absolute atomic E-state index is 12.5. The lowest BCUT2D eigenvalue weighted by molar-refractivity contribution is -0.113. The van der Waals surface area contributed by atoms with Crippen LogP contribution in [0.1, 0.15) is 17.1 Å². The highest BCUT2D eigenvalue weighted by Gasteiger charge is 2.17. The van der Waals surface area contributed by atoms with Gasteiger partial charge in [0.1, 0.15) is 5.82 Å². The van der Waals surface area contributed by atoms with E-state index in [1.165, 1.54) is 11.8 Å². The van der Waals surface area contributed by atoms with Gasteiger partial charge in [-0.2, -0.15) is 0 Å². The molecule has 2 aromatic heterocycles. The van der Waals surface area contributed by atoms with Gasteiger partial charge in [0.2, 0.25) is 5.91 Å². The topological polar surface area (TPSA) is 64.7 Å². The molecule has 0 aliphatic heterocycles. The molecule has 7 heteroatoms. The van der Waals surface area contributed by atoms with E-state index in [-0.39, 0.29) is 11.7 Å². The molecule has 0 saturated carbocycles. The van der Waals surface area contributed by atoms with Gasteiger partial charge in [-0.1, -0.05) is 48.2 Å². The molecule has 0 fully saturated rings. The first-order chi connectivity index (χ1) is 14.6. The predicted octanol–water partition coefficient (Wildman–Crippen LogP) is 4.24. The summed E-state index contributed by atoms with van der Waals surface area (Å²) >= 11 is 1.38. The van der Waals surface area contributed by atoms with E-state index in [4.69, 9.17) is 0 Å². The van der Waals surface area contributed by atoms with Gasteiger partial charge in [-0.05, 0) is 42.8 Å². The molecule has 4 rings (SSSR count). The Morgan fingerprint density at radius 3 is 2.50 bits per heavy atom. The number of para-hydroxylation sites is 2. The lowest BCUT2D eigenvalue weighted by Gasteiger charge is -2.11. The molecule has 0 bridgehead atoms. The average molecular weight is 418 g/mol. The summed E-state index contributed by atoms with van der Waals surface area (Å²) in [6, 6.07) is 21.8. The van der Waals surface area contributed by atoms with Crippen LogP contribution in [0.15, 0.2) is 78.1 Å². The van der Waals surface area contributed by atoms with Gasteiger partial charge in [-0.15, -0.1) is 10.2 Å². The van der Waals surface area contributed by atoms with E-state index >= 15 is 0 Å². The van der Waals surface area contributed by atoms with E-state index in [0.29, 0.717) is 11.6 Å². The highest BCUT2D eigenvalue weighted by molar-refractivity contribution is 7.99. The molecule has 0 unspecified atom stereocenters. The van der Waals surface area contributed by atoms with Gasteiger partial charge in [0.05, 0.1) is 5.75 Å². The van der Waals surface area contributed by atoms with Crippen LogP contribution in [0.25, 0.3) is 5.69 Å². The van der Waals surface area contributed by atoms with Crippen LogP contribution in [-0.2, 0) is 18.3 Å². The number of thioether (sulfide) groups is 1. The fourth-order valence-electron chi connectivity index (χ4n) is 3.22. The Morgan fingerprint density at radius 1 is 1.00 bits per heavy atom. The predicted molar refractivity (Wildman–Crippen MR) is 120 cm³/mol. The second-order valence-corrected chi connectivity index (χ2v) is 7.95. The van der Waals surface area contributed by atoms with Crippen molar-refractivity contribution in [3.05, 3.63) is 90.0 Å². The summed E-state index contributed by atoms with van der Waals surface area (Å²) in [6.07, 6.45) is 2.67. The third kappa shape index (κ3) is 4.46. The monoisotopic (exact) mass is 417 g/mol. The molecule has 2 aromatic carbocycles. The Labute approximate surface area is 180 Å². The van der Waals surface area contributed by atoms with Gasteiger partial charge < -0.3 is 9.88 Å². The van der Waals surface area contributed by atoms with Gasteiger partial charge in [0.25, 0.3) is 0 Å². The number of nitrogens with zero attached hydrogens (tertiary/aromatic N) is 4. The molecular weight excluding hydrogens is 394 g/mol. The smallest absolute Gasteiger partial charge is 0.234 e. The first-order valence-electron chi connectivity index (χ1n) is 9.70. The van der Waals surface area contributed by atoms with Crippen molar-refractivity contribution in [3.63, 3.8) is 0 Å². The largest absolute Gasteiger partial charge is 0.354 e. The minimum Gasteiger partial charge on any atom is -0.354 e. The quantitative estimate of drug-likeness (QED) is 0.457. The van der Waals surface area contributed by atoms with Crippen molar-refractivity contribution in [2.75, 3.05) is 11.1 Å². The van der Waals surface area contributed by atoms with Crippen molar-refractivity contribution in [1.29, 1.82) is 0 Å². The number of rotatable bonds is 7. The summed E-state index contributed by atoms with van der Waals surface area (Å²) in [4.78, 5) is 12.5. The van der Waals surface area contributed by atoms with Crippen LogP contribution in [0.4, 0.5) is 5.69 Å². The van der Waals surface area contributed by atoms with Crippen LogP contribution in [0, 0.1) is 6.92 Å². The number of amides is 1. The van der Waals surface area contributed by atoms with Crippen molar-refractivity contribution in [2.24, 2.45) is 7.05 Å². The number of benzene rings is 2. The average Bonchev–Trinajstić information content (AvgIpc) is 3.35. The lowest BCUT2D eigenvalue weighted by Crippen LogP contribution is -2.15. The maximum atomic E-state index is 12.5. The lowest BCUT2D eigenvalue weighted by atomic mass is 10.2. The molecule has 1 amide bonds. The van der Waals surface area contributed by atoms with Crippen molar-refractivity contribution in [2.45, 2.75) is 18.5 Å². The maximum Gasteiger partial charge on any atom is 0.234 e. The molecular formula is C23H23N5OS. The zero-order valence-corrected chi connectivity index (χ0v) is 17.8. The van der Waals surface area contributed by atoms with Gasteiger partial charge in [0.15, 0.2) is 5.16 Å². The molecule has 0 radical (unpaired) electrons. The molecule has 0 spiro atoms. The summed E-state index contributed by atoms with van der Waals surface area (Å²) in [5.41, 5.74) is 3.99. The fourth-order valence-corrected chi connectivity index (χ4v) is 3.99. The molecule has 0 aliphatic carbocycles. The minimum atomic E-state index is -0.0686.